The van der Waals surface area contributed by atoms with Gasteiger partial charge >= 0.3 is 0 Å². The number of nitrogens with zero attached hydrogens (tertiary/aromatic N) is 3. The Morgan fingerprint density at radius 1 is 0.939 bits per heavy atom. The summed E-state index contributed by atoms with van der Waals surface area (Å²) in [5.74, 6) is 0.726. The van der Waals surface area contributed by atoms with Crippen molar-refractivity contribution in [3.8, 4) is 11.5 Å². The highest BCUT2D eigenvalue weighted by Crippen LogP contribution is 2.37. The van der Waals surface area contributed by atoms with E-state index in [0.717, 1.165) is 17.8 Å². The molecule has 0 radical (unpaired) electrons. The first kappa shape index (κ1) is 21.1. The predicted molar refractivity (Wildman–Crippen MR) is 124 cm³/mol. The first-order valence-corrected chi connectivity index (χ1v) is 11.1. The van der Waals surface area contributed by atoms with Crippen LogP contribution in [0.15, 0.2) is 66.9 Å². The number of hydrogen-bond donors (Lipinski definition) is 0. The van der Waals surface area contributed by atoms with Crippen LogP contribution in [-0.2, 0) is 16.1 Å². The third kappa shape index (κ3) is 3.73. The normalized spacial score (nSPS) is 20.0. The Bertz CT molecular complexity index is 1170. The highest BCUT2D eigenvalue weighted by Gasteiger charge is 2.41. The van der Waals surface area contributed by atoms with E-state index in [-0.39, 0.29) is 24.3 Å². The minimum Gasteiger partial charge on any atom is -0.493 e. The molecule has 2 atom stereocenters. The summed E-state index contributed by atoms with van der Waals surface area (Å²) in [5, 5.41) is 0. The number of methoxy groups -OCH3 is 2. The number of ether oxygens (including phenoxy) is 2. The van der Waals surface area contributed by atoms with Crippen LogP contribution in [0.5, 0.6) is 11.5 Å². The van der Waals surface area contributed by atoms with Crippen LogP contribution in [0.3, 0.4) is 0 Å². The minimum atomic E-state index is -0.390. The van der Waals surface area contributed by atoms with E-state index < -0.39 is 5.92 Å². The van der Waals surface area contributed by atoms with Crippen LogP contribution >= 0.6 is 0 Å². The van der Waals surface area contributed by atoms with Gasteiger partial charge in [0.2, 0.25) is 11.8 Å². The third-order valence-electron chi connectivity index (χ3n) is 6.59. The summed E-state index contributed by atoms with van der Waals surface area (Å²) in [6.45, 7) is 1.71. The van der Waals surface area contributed by atoms with Gasteiger partial charge in [-0.15, -0.1) is 0 Å². The van der Waals surface area contributed by atoms with Gasteiger partial charge in [-0.2, -0.15) is 0 Å². The lowest BCUT2D eigenvalue weighted by Gasteiger charge is -2.38. The van der Waals surface area contributed by atoms with Crippen LogP contribution in [0, 0.1) is 5.92 Å². The molecule has 3 heterocycles. The standard InChI is InChI=1S/C26H27N3O4/c1-32-22-11-10-20(16-23(22)33-2)29-17-19(15-24(29)30)26(31)28-14-13-27-12-6-9-21(27)25(28)18-7-4-3-5-8-18/h3-12,16,19,25H,13-15,17H2,1-2H3. The quantitative estimate of drug-likeness (QED) is 0.603. The molecular weight excluding hydrogens is 418 g/mol. The maximum Gasteiger partial charge on any atom is 0.228 e. The van der Waals surface area contributed by atoms with Gasteiger partial charge in [0.1, 0.15) is 0 Å². The Kier molecular flexibility index (Phi) is 5.54. The lowest BCUT2D eigenvalue weighted by Crippen LogP contribution is -2.45. The van der Waals surface area contributed by atoms with Crippen molar-refractivity contribution in [2.24, 2.45) is 5.92 Å². The molecule has 33 heavy (non-hydrogen) atoms. The van der Waals surface area contributed by atoms with Gasteiger partial charge in [0.25, 0.3) is 0 Å². The van der Waals surface area contributed by atoms with Crippen molar-refractivity contribution in [3.63, 3.8) is 0 Å². The van der Waals surface area contributed by atoms with Crippen molar-refractivity contribution in [2.45, 2.75) is 19.0 Å². The second-order valence-electron chi connectivity index (χ2n) is 8.42. The highest BCUT2D eigenvalue weighted by molar-refractivity contribution is 6.00. The van der Waals surface area contributed by atoms with Gasteiger partial charge in [-0.05, 0) is 29.8 Å². The molecule has 2 amide bonds. The predicted octanol–water partition coefficient (Wildman–Crippen LogP) is 3.49. The summed E-state index contributed by atoms with van der Waals surface area (Å²) in [5.41, 5.74) is 2.88. The number of aromatic nitrogens is 1. The zero-order valence-corrected chi connectivity index (χ0v) is 18.8. The van der Waals surface area contributed by atoms with Gasteiger partial charge in [-0.1, -0.05) is 30.3 Å². The fourth-order valence-corrected chi connectivity index (χ4v) is 4.96. The topological polar surface area (TPSA) is 64.0 Å². The highest BCUT2D eigenvalue weighted by atomic mass is 16.5. The molecular formula is C26H27N3O4. The summed E-state index contributed by atoms with van der Waals surface area (Å²) in [7, 11) is 3.14. The van der Waals surface area contributed by atoms with Crippen LogP contribution < -0.4 is 14.4 Å². The van der Waals surface area contributed by atoms with Gasteiger partial charge in [0, 0.05) is 49.7 Å². The summed E-state index contributed by atoms with van der Waals surface area (Å²) >= 11 is 0. The largest absolute Gasteiger partial charge is 0.493 e. The lowest BCUT2D eigenvalue weighted by molar-refractivity contribution is -0.138. The molecule has 3 aromatic rings. The van der Waals surface area contributed by atoms with Crippen molar-refractivity contribution in [1.82, 2.24) is 9.47 Å². The Hall–Kier alpha value is -3.74. The molecule has 2 aliphatic rings. The van der Waals surface area contributed by atoms with Gasteiger partial charge in [-0.25, -0.2) is 0 Å². The number of carbonyl (C=O) groups excluding carboxylic acids is 2. The molecule has 2 aromatic carbocycles. The molecule has 0 N–H and O–H groups in total. The third-order valence-corrected chi connectivity index (χ3v) is 6.59. The Balaban J connectivity index is 1.41. The zero-order valence-electron chi connectivity index (χ0n) is 18.8. The molecule has 170 valence electrons. The van der Waals surface area contributed by atoms with E-state index in [2.05, 4.69) is 29.0 Å². The smallest absolute Gasteiger partial charge is 0.228 e. The molecule has 0 saturated carbocycles. The van der Waals surface area contributed by atoms with Gasteiger partial charge in [0.05, 0.1) is 26.2 Å². The maximum absolute atomic E-state index is 13.8. The molecule has 1 fully saturated rings. The number of carbonyl (C=O) groups is 2. The van der Waals surface area contributed by atoms with Gasteiger partial charge in [-0.3, -0.25) is 9.59 Å². The Morgan fingerprint density at radius 3 is 2.48 bits per heavy atom. The lowest BCUT2D eigenvalue weighted by atomic mass is 9.97. The summed E-state index contributed by atoms with van der Waals surface area (Å²) in [6, 6.07) is 19.4. The number of fused-ring (bicyclic) bond motifs is 1. The van der Waals surface area contributed by atoms with Crippen molar-refractivity contribution in [2.75, 3.05) is 32.2 Å². The van der Waals surface area contributed by atoms with E-state index in [1.165, 1.54) is 0 Å². The van der Waals surface area contributed by atoms with E-state index in [9.17, 15) is 9.59 Å². The number of anilines is 1. The fourth-order valence-electron chi connectivity index (χ4n) is 4.96. The molecule has 2 aliphatic heterocycles. The Morgan fingerprint density at radius 2 is 1.73 bits per heavy atom. The van der Waals surface area contributed by atoms with Crippen LogP contribution in [0.25, 0.3) is 0 Å². The van der Waals surface area contributed by atoms with Crippen LogP contribution in [0.1, 0.15) is 23.7 Å². The van der Waals surface area contributed by atoms with E-state index in [4.69, 9.17) is 9.47 Å². The molecule has 7 nitrogen and oxygen atoms in total. The molecule has 2 unspecified atom stereocenters. The second kappa shape index (κ2) is 8.65. The van der Waals surface area contributed by atoms with E-state index in [1.54, 1.807) is 31.3 Å². The minimum absolute atomic E-state index is 0.0210. The van der Waals surface area contributed by atoms with Crippen LogP contribution in [0.2, 0.25) is 0 Å². The zero-order chi connectivity index (χ0) is 22.9. The molecule has 7 heteroatoms. The first-order chi connectivity index (χ1) is 16.1. The molecule has 1 saturated heterocycles. The average Bonchev–Trinajstić information content (AvgIpc) is 3.49. The SMILES string of the molecule is COc1ccc(N2CC(C(=O)N3CCn4cccc4C3c3ccccc3)CC2=O)cc1OC. The van der Waals surface area contributed by atoms with Gasteiger partial charge < -0.3 is 23.8 Å². The number of rotatable bonds is 5. The van der Waals surface area contributed by atoms with E-state index in [0.29, 0.717) is 30.3 Å². The molecule has 1 aromatic heterocycles. The number of hydrogen-bond acceptors (Lipinski definition) is 4. The van der Waals surface area contributed by atoms with Crippen molar-refractivity contribution < 1.29 is 19.1 Å². The van der Waals surface area contributed by atoms with E-state index >= 15 is 0 Å². The van der Waals surface area contributed by atoms with Crippen molar-refractivity contribution >= 4 is 17.5 Å². The maximum atomic E-state index is 13.8. The summed E-state index contributed by atoms with van der Waals surface area (Å²) in [6.07, 6.45) is 2.26. The summed E-state index contributed by atoms with van der Waals surface area (Å²) in [4.78, 5) is 30.3. The second-order valence-corrected chi connectivity index (χ2v) is 8.42. The van der Waals surface area contributed by atoms with Crippen molar-refractivity contribution in [3.05, 3.63) is 78.1 Å². The van der Waals surface area contributed by atoms with Crippen LogP contribution in [0.4, 0.5) is 5.69 Å². The fraction of sp³-hybridized carbons (Fsp3) is 0.308. The molecule has 0 bridgehead atoms. The van der Waals surface area contributed by atoms with Crippen molar-refractivity contribution in [1.29, 1.82) is 0 Å². The summed E-state index contributed by atoms with van der Waals surface area (Å²) < 4.78 is 12.9. The van der Waals surface area contributed by atoms with Gasteiger partial charge in [0.15, 0.2) is 11.5 Å². The van der Waals surface area contributed by atoms with E-state index in [1.807, 2.05) is 35.2 Å². The Labute approximate surface area is 193 Å². The first-order valence-electron chi connectivity index (χ1n) is 11.1. The molecule has 0 aliphatic carbocycles. The average molecular weight is 446 g/mol. The monoisotopic (exact) mass is 445 g/mol. The molecule has 0 spiro atoms. The number of benzene rings is 2. The van der Waals surface area contributed by atoms with Crippen LogP contribution in [-0.4, -0.2) is 48.6 Å². The number of amides is 2. The molecule has 5 rings (SSSR count).